The van der Waals surface area contributed by atoms with E-state index in [1.807, 2.05) is 0 Å². The largest absolute Gasteiger partial charge is 0.302 e. The van der Waals surface area contributed by atoms with Crippen molar-refractivity contribution in [3.63, 3.8) is 0 Å². The Morgan fingerprint density at radius 2 is 1.69 bits per heavy atom. The number of likely N-dealkylation sites (tertiary alicyclic amines) is 1. The third-order valence-electron chi connectivity index (χ3n) is 4.96. The first-order chi connectivity index (χ1) is 12.1. The second kappa shape index (κ2) is 7.01. The molecule has 0 N–H and O–H groups in total. The van der Waals surface area contributed by atoms with E-state index in [4.69, 9.17) is 0 Å². The molecule has 4 rings (SSSR count). The van der Waals surface area contributed by atoms with Crippen LogP contribution in [0.2, 0.25) is 0 Å². The third kappa shape index (κ3) is 2.93. The number of imide groups is 1. The summed E-state index contributed by atoms with van der Waals surface area (Å²) in [5, 5.41) is 12.2. The van der Waals surface area contributed by atoms with Gasteiger partial charge >= 0.3 is 0 Å². The van der Waals surface area contributed by atoms with Crippen LogP contribution < -0.4 is 0 Å². The summed E-state index contributed by atoms with van der Waals surface area (Å²) in [6.07, 6.45) is 2.27. The fourth-order valence-corrected chi connectivity index (χ4v) is 3.70. The number of nitro groups is 1. The van der Waals surface area contributed by atoms with Crippen molar-refractivity contribution < 1.29 is 14.5 Å². The maximum absolute atomic E-state index is 12.9. The molecule has 1 fully saturated rings. The highest BCUT2D eigenvalue weighted by molar-refractivity contribution is 6.25. The summed E-state index contributed by atoms with van der Waals surface area (Å²) in [4.78, 5) is 39.8. The molecule has 1 saturated heterocycles. The first-order valence-electron chi connectivity index (χ1n) is 8.36. The fraction of sp³-hybridized carbons (Fsp3) is 0.333. The molecular formula is C18H18ClN3O4. The van der Waals surface area contributed by atoms with Crippen LogP contribution in [0.15, 0.2) is 30.3 Å². The van der Waals surface area contributed by atoms with Crippen molar-refractivity contribution in [1.82, 2.24) is 9.80 Å². The standard InChI is InChI=1S/C18H17N3O4.ClH/c22-17-14-5-3-4-12-10-13(21(24)25)11-15(16(12)14)18(23)20(17)9-8-19-6-1-2-7-19;/h3-5,10-11H,1-2,6-9H2;1H. The summed E-state index contributed by atoms with van der Waals surface area (Å²) in [7, 11) is 0. The van der Waals surface area contributed by atoms with Gasteiger partial charge in [0.15, 0.2) is 0 Å². The Labute approximate surface area is 156 Å². The highest BCUT2D eigenvalue weighted by Gasteiger charge is 2.34. The average molecular weight is 376 g/mol. The molecule has 2 amide bonds. The van der Waals surface area contributed by atoms with E-state index >= 15 is 0 Å². The Morgan fingerprint density at radius 1 is 1.00 bits per heavy atom. The highest BCUT2D eigenvalue weighted by Crippen LogP contribution is 2.33. The Bertz CT molecular complexity index is 909. The molecule has 0 atom stereocenters. The maximum atomic E-state index is 12.9. The molecule has 2 aliphatic rings. The topological polar surface area (TPSA) is 83.8 Å². The molecule has 0 aliphatic carbocycles. The monoisotopic (exact) mass is 375 g/mol. The molecule has 26 heavy (non-hydrogen) atoms. The van der Waals surface area contributed by atoms with Crippen LogP contribution in [0.5, 0.6) is 0 Å². The first kappa shape index (κ1) is 18.3. The number of hydrogen-bond donors (Lipinski definition) is 0. The number of non-ortho nitro benzene ring substituents is 1. The predicted octanol–water partition coefficient (Wildman–Crippen LogP) is 2.86. The summed E-state index contributed by atoms with van der Waals surface area (Å²) in [6.45, 7) is 2.90. The molecule has 136 valence electrons. The van der Waals surface area contributed by atoms with Crippen LogP contribution in [0, 0.1) is 10.1 Å². The van der Waals surface area contributed by atoms with Crippen LogP contribution in [-0.4, -0.2) is 52.7 Å². The third-order valence-corrected chi connectivity index (χ3v) is 4.96. The minimum atomic E-state index is -0.513. The van der Waals surface area contributed by atoms with Gasteiger partial charge in [0.1, 0.15) is 0 Å². The van der Waals surface area contributed by atoms with E-state index in [0.29, 0.717) is 29.4 Å². The molecule has 2 aliphatic heterocycles. The first-order valence-corrected chi connectivity index (χ1v) is 8.36. The van der Waals surface area contributed by atoms with Gasteiger partial charge in [-0.1, -0.05) is 12.1 Å². The van der Waals surface area contributed by atoms with Crippen molar-refractivity contribution in [1.29, 1.82) is 0 Å². The van der Waals surface area contributed by atoms with Crippen LogP contribution in [-0.2, 0) is 0 Å². The Hall–Kier alpha value is -2.51. The molecule has 0 aromatic heterocycles. The van der Waals surface area contributed by atoms with E-state index in [0.717, 1.165) is 25.9 Å². The van der Waals surface area contributed by atoms with Gasteiger partial charge in [-0.3, -0.25) is 24.6 Å². The van der Waals surface area contributed by atoms with E-state index in [-0.39, 0.29) is 29.6 Å². The number of carbonyl (C=O) groups is 2. The summed E-state index contributed by atoms with van der Waals surface area (Å²) < 4.78 is 0. The molecule has 0 saturated carbocycles. The van der Waals surface area contributed by atoms with Crippen molar-refractivity contribution >= 4 is 40.7 Å². The molecule has 2 aromatic carbocycles. The second-order valence-corrected chi connectivity index (χ2v) is 6.46. The van der Waals surface area contributed by atoms with E-state index < -0.39 is 10.8 Å². The van der Waals surface area contributed by atoms with Crippen molar-refractivity contribution in [2.75, 3.05) is 26.2 Å². The number of hydrogen-bond acceptors (Lipinski definition) is 5. The zero-order valence-corrected chi connectivity index (χ0v) is 14.8. The van der Waals surface area contributed by atoms with E-state index in [1.165, 1.54) is 17.0 Å². The van der Waals surface area contributed by atoms with Gasteiger partial charge in [0.2, 0.25) is 0 Å². The van der Waals surface area contributed by atoms with Crippen LogP contribution in [0.4, 0.5) is 5.69 Å². The zero-order chi connectivity index (χ0) is 17.6. The number of rotatable bonds is 4. The Kier molecular flexibility index (Phi) is 4.93. The molecule has 2 aromatic rings. The average Bonchev–Trinajstić information content (AvgIpc) is 3.12. The molecule has 0 unspecified atom stereocenters. The quantitative estimate of drug-likeness (QED) is 0.466. The number of amides is 2. The minimum Gasteiger partial charge on any atom is -0.302 e. The summed E-state index contributed by atoms with van der Waals surface area (Å²) in [5.74, 6) is -0.771. The van der Waals surface area contributed by atoms with Gasteiger partial charge in [-0.05, 0) is 37.4 Å². The lowest BCUT2D eigenvalue weighted by molar-refractivity contribution is -0.384. The van der Waals surface area contributed by atoms with Gasteiger partial charge in [0.05, 0.1) is 10.5 Å². The summed E-state index contributed by atoms with van der Waals surface area (Å²) in [5.41, 5.74) is 0.533. The van der Waals surface area contributed by atoms with Crippen molar-refractivity contribution in [2.24, 2.45) is 0 Å². The second-order valence-electron chi connectivity index (χ2n) is 6.46. The number of carbonyl (C=O) groups excluding carboxylic acids is 2. The molecule has 0 spiro atoms. The van der Waals surface area contributed by atoms with Gasteiger partial charge in [0, 0.05) is 36.2 Å². The maximum Gasteiger partial charge on any atom is 0.270 e. The van der Waals surface area contributed by atoms with Crippen molar-refractivity contribution in [2.45, 2.75) is 12.8 Å². The molecule has 2 heterocycles. The minimum absolute atomic E-state index is 0. The van der Waals surface area contributed by atoms with Crippen LogP contribution >= 0.6 is 12.4 Å². The van der Waals surface area contributed by atoms with E-state index in [1.54, 1.807) is 18.2 Å². The number of benzene rings is 2. The van der Waals surface area contributed by atoms with Gasteiger partial charge < -0.3 is 4.90 Å². The molecule has 0 bridgehead atoms. The molecule has 0 radical (unpaired) electrons. The predicted molar refractivity (Wildman–Crippen MR) is 98.9 cm³/mol. The van der Waals surface area contributed by atoms with Crippen LogP contribution in [0.25, 0.3) is 10.8 Å². The van der Waals surface area contributed by atoms with Gasteiger partial charge in [0.25, 0.3) is 17.5 Å². The van der Waals surface area contributed by atoms with Crippen LogP contribution in [0.1, 0.15) is 33.6 Å². The fourth-order valence-electron chi connectivity index (χ4n) is 3.70. The van der Waals surface area contributed by atoms with Crippen molar-refractivity contribution in [3.05, 3.63) is 51.6 Å². The molecular weight excluding hydrogens is 358 g/mol. The summed E-state index contributed by atoms with van der Waals surface area (Å²) in [6, 6.07) is 7.74. The normalized spacial score (nSPS) is 16.8. The molecule has 7 nitrogen and oxygen atoms in total. The Balaban J connectivity index is 0.00000196. The van der Waals surface area contributed by atoms with E-state index in [9.17, 15) is 19.7 Å². The SMILES string of the molecule is Cl.O=C1c2cccc3cc([N+](=O)[O-])cc(c23)C(=O)N1CCN1CCCC1. The number of nitro benzene ring substituents is 1. The van der Waals surface area contributed by atoms with Crippen LogP contribution in [0.3, 0.4) is 0 Å². The number of nitrogens with zero attached hydrogens (tertiary/aromatic N) is 3. The summed E-state index contributed by atoms with van der Waals surface area (Å²) >= 11 is 0. The highest BCUT2D eigenvalue weighted by atomic mass is 35.5. The Morgan fingerprint density at radius 3 is 2.38 bits per heavy atom. The van der Waals surface area contributed by atoms with Gasteiger partial charge in [-0.25, -0.2) is 0 Å². The van der Waals surface area contributed by atoms with Crippen molar-refractivity contribution in [3.8, 4) is 0 Å². The lowest BCUT2D eigenvalue weighted by Crippen LogP contribution is -2.44. The lowest BCUT2D eigenvalue weighted by Gasteiger charge is -2.28. The zero-order valence-electron chi connectivity index (χ0n) is 14.0. The lowest BCUT2D eigenvalue weighted by atomic mass is 9.93. The van der Waals surface area contributed by atoms with Gasteiger partial charge in [-0.15, -0.1) is 12.4 Å². The van der Waals surface area contributed by atoms with E-state index in [2.05, 4.69) is 4.90 Å². The number of halogens is 1. The van der Waals surface area contributed by atoms with Gasteiger partial charge in [-0.2, -0.15) is 0 Å². The smallest absolute Gasteiger partial charge is 0.270 e. The molecule has 8 heteroatoms.